The summed E-state index contributed by atoms with van der Waals surface area (Å²) in [5.41, 5.74) is 6.05. The molecule has 2 atom stereocenters. The van der Waals surface area contributed by atoms with E-state index in [-0.39, 0.29) is 5.82 Å². The van der Waals surface area contributed by atoms with E-state index in [0.29, 0.717) is 11.5 Å². The lowest BCUT2D eigenvalue weighted by Gasteiger charge is -2.11. The zero-order valence-electron chi connectivity index (χ0n) is 10.7. The highest BCUT2D eigenvalue weighted by Gasteiger charge is 2.23. The van der Waals surface area contributed by atoms with Crippen molar-refractivity contribution in [3.63, 3.8) is 0 Å². The second-order valence-corrected chi connectivity index (χ2v) is 5.70. The van der Waals surface area contributed by atoms with E-state index < -0.39 is 5.97 Å². The van der Waals surface area contributed by atoms with Gasteiger partial charge in [-0.3, -0.25) is 0 Å². The molecule has 100 valence electrons. The Morgan fingerprint density at radius 2 is 2.39 bits per heavy atom. The molecule has 0 saturated heterocycles. The van der Waals surface area contributed by atoms with E-state index in [1.807, 2.05) is 0 Å². The predicted molar refractivity (Wildman–Crippen MR) is 72.9 cm³/mol. The molecular formula is C12H19N3O2S. The molecule has 0 spiro atoms. The number of hydrogen-bond acceptors (Lipinski definition) is 6. The lowest BCUT2D eigenvalue weighted by atomic mass is 10.1. The zero-order chi connectivity index (χ0) is 13.1. The van der Waals surface area contributed by atoms with Crippen molar-refractivity contribution in [2.24, 2.45) is 11.8 Å². The fourth-order valence-electron chi connectivity index (χ4n) is 2.47. The lowest BCUT2D eigenvalue weighted by molar-refractivity contribution is 0.0603. The number of esters is 1. The van der Waals surface area contributed by atoms with Crippen LogP contribution in [0.4, 0.5) is 10.8 Å². The molecule has 0 aromatic carbocycles. The predicted octanol–water partition coefficient (Wildman–Crippen LogP) is 2.36. The highest BCUT2D eigenvalue weighted by molar-refractivity contribution is 7.11. The Balaban J connectivity index is 1.99. The number of nitrogens with zero attached hydrogens (tertiary/aromatic N) is 1. The average molecular weight is 269 g/mol. The maximum atomic E-state index is 11.6. The molecule has 1 heterocycles. The van der Waals surface area contributed by atoms with Crippen LogP contribution in [0.2, 0.25) is 0 Å². The Bertz CT molecular complexity index is 433. The minimum Gasteiger partial charge on any atom is -0.465 e. The van der Waals surface area contributed by atoms with Gasteiger partial charge in [-0.25, -0.2) is 4.79 Å². The molecule has 0 amide bonds. The molecule has 1 aliphatic carbocycles. The summed E-state index contributed by atoms with van der Waals surface area (Å²) in [6, 6.07) is 0. The first-order chi connectivity index (χ1) is 8.61. The summed E-state index contributed by atoms with van der Waals surface area (Å²) in [6.07, 6.45) is 3.78. The van der Waals surface area contributed by atoms with E-state index in [1.165, 1.54) is 37.9 Å². The van der Waals surface area contributed by atoms with Crippen molar-refractivity contribution in [2.75, 3.05) is 24.7 Å². The molecule has 0 radical (unpaired) electrons. The van der Waals surface area contributed by atoms with E-state index in [4.69, 9.17) is 10.5 Å². The van der Waals surface area contributed by atoms with Crippen LogP contribution in [0.1, 0.15) is 36.5 Å². The van der Waals surface area contributed by atoms with Gasteiger partial charge in [-0.05, 0) is 36.2 Å². The number of ether oxygens (including phenoxy) is 1. The topological polar surface area (TPSA) is 77.2 Å². The maximum absolute atomic E-state index is 11.6. The SMILES string of the molecule is COC(=O)c1c(N)nsc1NCC1CCC(C)C1. The van der Waals surface area contributed by atoms with Gasteiger partial charge in [0.15, 0.2) is 5.82 Å². The molecule has 1 saturated carbocycles. The Morgan fingerprint density at radius 1 is 1.61 bits per heavy atom. The highest BCUT2D eigenvalue weighted by Crippen LogP contribution is 2.32. The molecule has 5 nitrogen and oxygen atoms in total. The molecule has 1 aromatic heterocycles. The van der Waals surface area contributed by atoms with Crippen LogP contribution < -0.4 is 11.1 Å². The monoisotopic (exact) mass is 269 g/mol. The van der Waals surface area contributed by atoms with Gasteiger partial charge in [0, 0.05) is 6.54 Å². The third-order valence-corrected chi connectivity index (χ3v) is 4.28. The summed E-state index contributed by atoms with van der Waals surface area (Å²) in [5, 5.41) is 4.01. The molecule has 1 aliphatic rings. The van der Waals surface area contributed by atoms with E-state index >= 15 is 0 Å². The van der Waals surface area contributed by atoms with E-state index in [0.717, 1.165) is 17.5 Å². The molecule has 0 bridgehead atoms. The number of hydrogen-bond donors (Lipinski definition) is 2. The largest absolute Gasteiger partial charge is 0.465 e. The molecule has 1 aromatic rings. The third kappa shape index (κ3) is 2.75. The van der Waals surface area contributed by atoms with Crippen molar-refractivity contribution >= 4 is 28.3 Å². The van der Waals surface area contributed by atoms with Gasteiger partial charge >= 0.3 is 5.97 Å². The Labute approximate surface area is 111 Å². The maximum Gasteiger partial charge on any atom is 0.344 e. The Kier molecular flexibility index (Phi) is 4.06. The van der Waals surface area contributed by atoms with Crippen LogP contribution in [0, 0.1) is 11.8 Å². The first-order valence-electron chi connectivity index (χ1n) is 6.19. The standard InChI is InChI=1S/C12H19N3O2S/c1-7-3-4-8(5-7)6-14-11-9(12(16)17-2)10(13)15-18-11/h7-8,14H,3-6H2,1-2H3,(H2,13,15). The molecule has 1 fully saturated rings. The zero-order valence-corrected chi connectivity index (χ0v) is 11.5. The lowest BCUT2D eigenvalue weighted by Crippen LogP contribution is -2.13. The normalized spacial score (nSPS) is 23.0. The van der Waals surface area contributed by atoms with Gasteiger partial charge in [0.2, 0.25) is 0 Å². The van der Waals surface area contributed by atoms with Crippen molar-refractivity contribution in [3.8, 4) is 0 Å². The van der Waals surface area contributed by atoms with Crippen molar-refractivity contribution in [3.05, 3.63) is 5.56 Å². The first kappa shape index (κ1) is 13.1. The summed E-state index contributed by atoms with van der Waals surface area (Å²) in [6.45, 7) is 3.15. The molecule has 0 aliphatic heterocycles. The van der Waals surface area contributed by atoms with Gasteiger partial charge in [-0.2, -0.15) is 4.37 Å². The molecular weight excluding hydrogens is 250 g/mol. The van der Waals surface area contributed by atoms with Crippen molar-refractivity contribution in [1.82, 2.24) is 4.37 Å². The van der Waals surface area contributed by atoms with E-state index in [2.05, 4.69) is 16.6 Å². The van der Waals surface area contributed by atoms with Crippen LogP contribution >= 0.6 is 11.5 Å². The quantitative estimate of drug-likeness (QED) is 0.820. The highest BCUT2D eigenvalue weighted by atomic mass is 32.1. The second kappa shape index (κ2) is 5.56. The van der Waals surface area contributed by atoms with Crippen LogP contribution in [0.5, 0.6) is 0 Å². The van der Waals surface area contributed by atoms with Crippen LogP contribution in [-0.2, 0) is 4.74 Å². The number of anilines is 2. The summed E-state index contributed by atoms with van der Waals surface area (Å²) in [7, 11) is 1.35. The fraction of sp³-hybridized carbons (Fsp3) is 0.667. The average Bonchev–Trinajstić information content (AvgIpc) is 2.92. The fourth-order valence-corrected chi connectivity index (χ4v) is 3.18. The van der Waals surface area contributed by atoms with Gasteiger partial charge in [0.05, 0.1) is 7.11 Å². The smallest absolute Gasteiger partial charge is 0.344 e. The second-order valence-electron chi connectivity index (χ2n) is 4.93. The van der Waals surface area contributed by atoms with Crippen LogP contribution in [0.15, 0.2) is 0 Å². The summed E-state index contributed by atoms with van der Waals surface area (Å²) in [5.74, 6) is 1.30. The minimum atomic E-state index is -0.427. The molecule has 18 heavy (non-hydrogen) atoms. The van der Waals surface area contributed by atoms with Crippen molar-refractivity contribution < 1.29 is 9.53 Å². The van der Waals surface area contributed by atoms with Gasteiger partial charge in [-0.1, -0.05) is 13.3 Å². The number of carbonyl (C=O) groups excluding carboxylic acids is 1. The van der Waals surface area contributed by atoms with Gasteiger partial charge in [0.1, 0.15) is 10.6 Å². The molecule has 6 heteroatoms. The Hall–Kier alpha value is -1.30. The first-order valence-corrected chi connectivity index (χ1v) is 6.96. The van der Waals surface area contributed by atoms with Gasteiger partial charge in [-0.15, -0.1) is 0 Å². The van der Waals surface area contributed by atoms with E-state index in [9.17, 15) is 4.79 Å². The van der Waals surface area contributed by atoms with Crippen LogP contribution in [0.25, 0.3) is 0 Å². The van der Waals surface area contributed by atoms with Gasteiger partial charge in [0.25, 0.3) is 0 Å². The summed E-state index contributed by atoms with van der Waals surface area (Å²) < 4.78 is 8.71. The van der Waals surface area contributed by atoms with E-state index in [1.54, 1.807) is 0 Å². The summed E-state index contributed by atoms with van der Waals surface area (Å²) in [4.78, 5) is 11.6. The van der Waals surface area contributed by atoms with Crippen molar-refractivity contribution in [1.29, 1.82) is 0 Å². The molecule has 3 N–H and O–H groups in total. The molecule has 2 rings (SSSR count). The number of nitrogens with two attached hydrogens (primary N) is 1. The summed E-state index contributed by atoms with van der Waals surface area (Å²) >= 11 is 1.22. The Morgan fingerprint density at radius 3 is 3.00 bits per heavy atom. The van der Waals surface area contributed by atoms with Crippen LogP contribution in [-0.4, -0.2) is 24.0 Å². The number of carbonyl (C=O) groups is 1. The van der Waals surface area contributed by atoms with Crippen LogP contribution in [0.3, 0.4) is 0 Å². The molecule has 2 unspecified atom stereocenters. The third-order valence-electron chi connectivity index (χ3n) is 3.46. The number of nitrogens with one attached hydrogen (secondary N) is 1. The minimum absolute atomic E-state index is 0.245. The number of rotatable bonds is 4. The van der Waals surface area contributed by atoms with Gasteiger partial charge < -0.3 is 15.8 Å². The number of methoxy groups -OCH3 is 1. The number of aromatic nitrogens is 1. The van der Waals surface area contributed by atoms with Crippen molar-refractivity contribution in [2.45, 2.75) is 26.2 Å². The number of nitrogen functional groups attached to an aromatic ring is 1.